The highest BCUT2D eigenvalue weighted by Gasteiger charge is 2.27. The molecule has 0 saturated heterocycles. The molecule has 0 spiro atoms. The number of nitrogens with zero attached hydrogens (tertiary/aromatic N) is 1. The van der Waals surface area contributed by atoms with Crippen LogP contribution >= 0.6 is 0 Å². The maximum Gasteiger partial charge on any atom is 0.411 e. The summed E-state index contributed by atoms with van der Waals surface area (Å²) >= 11 is 0. The molecule has 3 aromatic rings. The van der Waals surface area contributed by atoms with E-state index in [2.05, 4.69) is 15.4 Å². The zero-order valence-corrected chi connectivity index (χ0v) is 23.0. The number of anilines is 1. The maximum atomic E-state index is 13.1. The first kappa shape index (κ1) is 31.0. The Labute approximate surface area is 237 Å². The molecule has 0 saturated carbocycles. The van der Waals surface area contributed by atoms with Crippen LogP contribution in [0.4, 0.5) is 19.3 Å². The van der Waals surface area contributed by atoms with Crippen LogP contribution in [-0.4, -0.2) is 45.9 Å². The molecular formula is C29H29F2N3O6S. The van der Waals surface area contributed by atoms with Gasteiger partial charge in [0.05, 0.1) is 30.1 Å². The lowest BCUT2D eigenvalue weighted by molar-refractivity contribution is -0.124. The number of hydrogen-bond acceptors (Lipinski definition) is 7. The van der Waals surface area contributed by atoms with Crippen LogP contribution in [-0.2, 0) is 31.5 Å². The van der Waals surface area contributed by atoms with Gasteiger partial charge in [-0.25, -0.2) is 13.2 Å². The summed E-state index contributed by atoms with van der Waals surface area (Å²) in [6.07, 6.45) is -0.523. The van der Waals surface area contributed by atoms with E-state index in [1.54, 1.807) is 49.4 Å². The van der Waals surface area contributed by atoms with Crippen molar-refractivity contribution in [1.82, 2.24) is 5.32 Å². The number of para-hydroxylation sites is 1. The fourth-order valence-electron chi connectivity index (χ4n) is 4.13. The predicted molar refractivity (Wildman–Crippen MR) is 149 cm³/mol. The van der Waals surface area contributed by atoms with E-state index in [4.69, 9.17) is 10.00 Å². The molecule has 0 aliphatic heterocycles. The first-order chi connectivity index (χ1) is 19.6. The molecule has 0 fully saturated rings. The topological polar surface area (TPSA) is 135 Å². The number of hydrogen-bond donors (Lipinski definition) is 2. The molecule has 0 aliphatic rings. The van der Waals surface area contributed by atoms with Crippen molar-refractivity contribution in [1.29, 1.82) is 5.26 Å². The van der Waals surface area contributed by atoms with Gasteiger partial charge in [-0.1, -0.05) is 54.6 Å². The van der Waals surface area contributed by atoms with Crippen molar-refractivity contribution >= 4 is 27.5 Å². The third-order valence-electron chi connectivity index (χ3n) is 5.88. The van der Waals surface area contributed by atoms with E-state index >= 15 is 0 Å². The average Bonchev–Trinajstić information content (AvgIpc) is 2.92. The minimum Gasteiger partial charge on any atom is -0.450 e. The van der Waals surface area contributed by atoms with Crippen LogP contribution in [0.15, 0.2) is 72.8 Å². The normalized spacial score (nSPS) is 11.8. The molecule has 0 aliphatic carbocycles. The summed E-state index contributed by atoms with van der Waals surface area (Å²) < 4.78 is 61.1. The maximum absolute atomic E-state index is 13.1. The molecule has 9 nitrogen and oxygen atoms in total. The lowest BCUT2D eigenvalue weighted by Gasteiger charge is -2.18. The van der Waals surface area contributed by atoms with Crippen LogP contribution in [0.2, 0.25) is 0 Å². The molecule has 1 unspecified atom stereocenters. The Hall–Kier alpha value is -4.50. The Morgan fingerprint density at radius 1 is 1.00 bits per heavy atom. The van der Waals surface area contributed by atoms with Crippen molar-refractivity contribution in [3.05, 3.63) is 83.9 Å². The highest BCUT2D eigenvalue weighted by molar-refractivity contribution is 7.90. The Morgan fingerprint density at radius 3 is 2.41 bits per heavy atom. The van der Waals surface area contributed by atoms with Gasteiger partial charge in [-0.3, -0.25) is 10.1 Å². The van der Waals surface area contributed by atoms with E-state index in [-0.39, 0.29) is 30.9 Å². The van der Waals surface area contributed by atoms with Gasteiger partial charge >= 0.3 is 12.7 Å². The van der Waals surface area contributed by atoms with Crippen molar-refractivity contribution in [3.8, 4) is 22.9 Å². The van der Waals surface area contributed by atoms with Crippen LogP contribution < -0.4 is 15.4 Å². The summed E-state index contributed by atoms with van der Waals surface area (Å²) in [7, 11) is -3.98. The van der Waals surface area contributed by atoms with Crippen molar-refractivity contribution in [2.45, 2.75) is 25.7 Å². The highest BCUT2D eigenvalue weighted by atomic mass is 32.2. The summed E-state index contributed by atoms with van der Waals surface area (Å²) in [4.78, 5) is 24.5. The number of sulfone groups is 1. The quantitative estimate of drug-likeness (QED) is 0.272. The number of carbonyl (C=O) groups excluding carboxylic acids is 2. The molecule has 0 heterocycles. The van der Waals surface area contributed by atoms with E-state index in [1.165, 1.54) is 24.3 Å². The van der Waals surface area contributed by atoms with E-state index in [9.17, 15) is 26.8 Å². The van der Waals surface area contributed by atoms with Gasteiger partial charge in [-0.05, 0) is 48.2 Å². The smallest absolute Gasteiger partial charge is 0.411 e. The zero-order chi connectivity index (χ0) is 29.8. The molecule has 3 aromatic carbocycles. The van der Waals surface area contributed by atoms with Gasteiger partial charge in [0.1, 0.15) is 12.3 Å². The number of halogens is 2. The third kappa shape index (κ3) is 9.88. The van der Waals surface area contributed by atoms with Crippen molar-refractivity contribution in [2.24, 2.45) is 5.92 Å². The van der Waals surface area contributed by atoms with Crippen LogP contribution in [0.5, 0.6) is 5.75 Å². The van der Waals surface area contributed by atoms with Gasteiger partial charge in [-0.2, -0.15) is 14.0 Å². The standard InChI is InChI=1S/C29H29F2N3O6S/c1-2-39-29(36)34-25-12-10-21(11-13-25)22-8-5-6-20(16-22)17-24(27(35)33-15-14-32)19-41(37,38)18-23-7-3-4-9-26(23)40-28(30)31/h3-13,16,24,28H,2,15,17-19H2,1H3,(H,33,35)(H,34,36). The number of benzene rings is 3. The first-order valence-corrected chi connectivity index (χ1v) is 14.4. The zero-order valence-electron chi connectivity index (χ0n) is 22.2. The predicted octanol–water partition coefficient (Wildman–Crippen LogP) is 4.94. The van der Waals surface area contributed by atoms with E-state index in [0.29, 0.717) is 11.3 Å². The molecule has 12 heteroatoms. The molecule has 2 amide bonds. The van der Waals surface area contributed by atoms with E-state index in [1.807, 2.05) is 12.1 Å². The lowest BCUT2D eigenvalue weighted by atomic mass is 9.96. The Morgan fingerprint density at radius 2 is 1.73 bits per heavy atom. The monoisotopic (exact) mass is 585 g/mol. The largest absolute Gasteiger partial charge is 0.450 e. The average molecular weight is 586 g/mol. The van der Waals surface area contributed by atoms with Gasteiger partial charge in [0.2, 0.25) is 5.91 Å². The van der Waals surface area contributed by atoms with Crippen LogP contribution in [0.1, 0.15) is 18.1 Å². The number of amides is 2. The van der Waals surface area contributed by atoms with Gasteiger partial charge in [-0.15, -0.1) is 0 Å². The molecule has 1 atom stereocenters. The fraction of sp³-hybridized carbons (Fsp3) is 0.276. The van der Waals surface area contributed by atoms with E-state index < -0.39 is 45.9 Å². The van der Waals surface area contributed by atoms with Gasteiger partial charge in [0.25, 0.3) is 0 Å². The van der Waals surface area contributed by atoms with Gasteiger partial charge in [0, 0.05) is 11.3 Å². The fourth-order valence-corrected chi connectivity index (χ4v) is 5.84. The number of ether oxygens (including phenoxy) is 2. The summed E-state index contributed by atoms with van der Waals surface area (Å²) in [5, 5.41) is 13.9. The molecule has 0 radical (unpaired) electrons. The molecule has 0 bridgehead atoms. The lowest BCUT2D eigenvalue weighted by Crippen LogP contribution is -2.36. The van der Waals surface area contributed by atoms with Gasteiger partial charge in [0.15, 0.2) is 9.84 Å². The molecule has 2 N–H and O–H groups in total. The second-order valence-electron chi connectivity index (χ2n) is 8.94. The number of rotatable bonds is 13. The number of alkyl halides is 2. The third-order valence-corrected chi connectivity index (χ3v) is 7.54. The van der Waals surface area contributed by atoms with Crippen LogP contribution in [0.3, 0.4) is 0 Å². The Kier molecular flexibility index (Phi) is 11.2. The Balaban J connectivity index is 1.80. The number of nitrogens with one attached hydrogen (secondary N) is 2. The second kappa shape index (κ2) is 14.8. The highest BCUT2D eigenvalue weighted by Crippen LogP contribution is 2.26. The molecule has 216 valence electrons. The van der Waals surface area contributed by atoms with Crippen molar-refractivity contribution in [3.63, 3.8) is 0 Å². The van der Waals surface area contributed by atoms with Crippen molar-refractivity contribution < 1.29 is 36.3 Å². The minimum absolute atomic E-state index is 0.0437. The SMILES string of the molecule is CCOC(=O)Nc1ccc(-c2cccc(CC(CS(=O)(=O)Cc3ccccc3OC(F)F)C(=O)NCC#N)c2)cc1. The summed E-state index contributed by atoms with van der Waals surface area (Å²) in [6.45, 7) is -1.48. The molecule has 0 aromatic heterocycles. The molecule has 3 rings (SSSR count). The summed E-state index contributed by atoms with van der Waals surface area (Å²) in [5.41, 5.74) is 2.87. The number of carbonyl (C=O) groups is 2. The van der Waals surface area contributed by atoms with Crippen LogP contribution in [0, 0.1) is 17.2 Å². The first-order valence-electron chi connectivity index (χ1n) is 12.6. The summed E-state index contributed by atoms with van der Waals surface area (Å²) in [6, 6.07) is 21.6. The number of nitriles is 1. The van der Waals surface area contributed by atoms with Gasteiger partial charge < -0.3 is 14.8 Å². The molecule has 41 heavy (non-hydrogen) atoms. The summed E-state index contributed by atoms with van der Waals surface area (Å²) in [5.74, 6) is -3.11. The Bertz CT molecular complexity index is 1490. The van der Waals surface area contributed by atoms with Crippen molar-refractivity contribution in [2.75, 3.05) is 24.2 Å². The van der Waals surface area contributed by atoms with E-state index in [0.717, 1.165) is 11.1 Å². The minimum atomic E-state index is -3.98. The van der Waals surface area contributed by atoms with Crippen LogP contribution in [0.25, 0.3) is 11.1 Å². The second-order valence-corrected chi connectivity index (χ2v) is 11.1. The molecular weight excluding hydrogens is 556 g/mol.